The molecule has 1 aliphatic carbocycles. The Kier molecular flexibility index (Phi) is 3.27. The Morgan fingerprint density at radius 3 is 2.74 bits per heavy atom. The molecule has 4 nitrogen and oxygen atoms in total. The number of carbonyl (C=O) groups is 1. The number of aliphatic hydroxyl groups excluding tert-OH is 1. The number of likely N-dealkylation sites (tertiary alicyclic amines) is 1. The van der Waals surface area contributed by atoms with Crippen molar-refractivity contribution in [2.24, 2.45) is 5.41 Å². The van der Waals surface area contributed by atoms with E-state index in [1.165, 1.54) is 0 Å². The lowest BCUT2D eigenvalue weighted by molar-refractivity contribution is -0.00536. The molecule has 0 radical (unpaired) electrons. The van der Waals surface area contributed by atoms with Gasteiger partial charge in [0.05, 0.1) is 6.10 Å². The summed E-state index contributed by atoms with van der Waals surface area (Å²) in [6.45, 7) is 1.50. The van der Waals surface area contributed by atoms with Crippen molar-refractivity contribution < 1.29 is 9.90 Å². The lowest BCUT2D eigenvalue weighted by Crippen LogP contribution is -2.49. The zero-order chi connectivity index (χ0) is 13.3. The number of carbonyl (C=O) groups excluding carboxylic acids is 1. The van der Waals surface area contributed by atoms with Crippen LogP contribution in [0.1, 0.15) is 42.5 Å². The van der Waals surface area contributed by atoms with E-state index in [2.05, 4.69) is 4.98 Å². The first kappa shape index (κ1) is 12.6. The molecule has 1 aromatic rings. The quantitative estimate of drug-likeness (QED) is 0.838. The van der Waals surface area contributed by atoms with Crippen molar-refractivity contribution in [2.45, 2.75) is 38.2 Å². The van der Waals surface area contributed by atoms with Crippen molar-refractivity contribution in [3.05, 3.63) is 30.1 Å². The van der Waals surface area contributed by atoms with E-state index < -0.39 is 0 Å². The fourth-order valence-electron chi connectivity index (χ4n) is 3.61. The normalized spacial score (nSPS) is 30.8. The average molecular weight is 260 g/mol. The standard InChI is InChI=1S/C15H20N2O2/c18-13-3-1-6-15(13)7-2-10-17(11-15)14(19)12-4-8-16-9-5-12/h4-5,8-9,13,18H,1-3,6-7,10-11H2/t13-,15+/m1/s1. The second-order valence-electron chi connectivity index (χ2n) is 5.84. The molecule has 2 aliphatic rings. The van der Waals surface area contributed by atoms with E-state index in [-0.39, 0.29) is 17.4 Å². The number of rotatable bonds is 1. The molecule has 0 unspecified atom stereocenters. The van der Waals surface area contributed by atoms with Crippen LogP contribution in [0, 0.1) is 5.41 Å². The van der Waals surface area contributed by atoms with Crippen molar-refractivity contribution in [2.75, 3.05) is 13.1 Å². The van der Waals surface area contributed by atoms with Gasteiger partial charge in [-0.2, -0.15) is 0 Å². The number of aliphatic hydroxyl groups is 1. The lowest BCUT2D eigenvalue weighted by Gasteiger charge is -2.42. The second-order valence-corrected chi connectivity index (χ2v) is 5.84. The smallest absolute Gasteiger partial charge is 0.253 e. The molecule has 102 valence electrons. The first-order valence-electron chi connectivity index (χ1n) is 7.09. The van der Waals surface area contributed by atoms with Crippen molar-refractivity contribution in [3.8, 4) is 0 Å². The van der Waals surface area contributed by atoms with Gasteiger partial charge >= 0.3 is 0 Å². The molecule has 2 heterocycles. The predicted molar refractivity (Wildman–Crippen MR) is 71.7 cm³/mol. The molecule has 1 amide bonds. The third kappa shape index (κ3) is 2.25. The van der Waals surface area contributed by atoms with Crippen LogP contribution in [0.15, 0.2) is 24.5 Å². The number of piperidine rings is 1. The Morgan fingerprint density at radius 2 is 2.05 bits per heavy atom. The van der Waals surface area contributed by atoms with Gasteiger partial charge in [0.1, 0.15) is 0 Å². The van der Waals surface area contributed by atoms with Crippen LogP contribution in [-0.4, -0.2) is 40.1 Å². The summed E-state index contributed by atoms with van der Waals surface area (Å²) in [4.78, 5) is 18.3. The van der Waals surface area contributed by atoms with E-state index in [0.29, 0.717) is 12.1 Å². The number of pyridine rings is 1. The van der Waals surface area contributed by atoms with Gasteiger partial charge in [-0.15, -0.1) is 0 Å². The van der Waals surface area contributed by atoms with Crippen LogP contribution in [0.5, 0.6) is 0 Å². The molecule has 4 heteroatoms. The summed E-state index contributed by atoms with van der Waals surface area (Å²) in [5.41, 5.74) is 0.653. The SMILES string of the molecule is O=C(c1ccncc1)N1CCC[C@@]2(CCC[C@H]2O)C1. The van der Waals surface area contributed by atoms with Gasteiger partial charge < -0.3 is 10.0 Å². The highest BCUT2D eigenvalue weighted by Crippen LogP contribution is 2.45. The Balaban J connectivity index is 1.77. The monoisotopic (exact) mass is 260 g/mol. The molecular formula is C15H20N2O2. The van der Waals surface area contributed by atoms with Gasteiger partial charge in [-0.3, -0.25) is 9.78 Å². The Bertz CT molecular complexity index is 462. The molecule has 2 atom stereocenters. The molecule has 1 saturated heterocycles. The van der Waals surface area contributed by atoms with Gasteiger partial charge in [0.15, 0.2) is 0 Å². The molecule has 1 spiro atoms. The molecule has 3 rings (SSSR count). The van der Waals surface area contributed by atoms with E-state index in [9.17, 15) is 9.90 Å². The van der Waals surface area contributed by atoms with Crippen LogP contribution in [0.2, 0.25) is 0 Å². The average Bonchev–Trinajstić information content (AvgIpc) is 2.80. The Hall–Kier alpha value is -1.42. The molecule has 19 heavy (non-hydrogen) atoms. The first-order chi connectivity index (χ1) is 9.21. The van der Waals surface area contributed by atoms with E-state index in [4.69, 9.17) is 0 Å². The maximum absolute atomic E-state index is 12.5. The summed E-state index contributed by atoms with van der Waals surface area (Å²) >= 11 is 0. The van der Waals surface area contributed by atoms with Crippen LogP contribution in [0.3, 0.4) is 0 Å². The molecule has 0 aromatic carbocycles. The number of hydrogen-bond acceptors (Lipinski definition) is 3. The minimum Gasteiger partial charge on any atom is -0.392 e. The zero-order valence-electron chi connectivity index (χ0n) is 11.1. The van der Waals surface area contributed by atoms with E-state index in [1.807, 2.05) is 4.90 Å². The van der Waals surface area contributed by atoms with E-state index in [0.717, 1.165) is 38.6 Å². The fourth-order valence-corrected chi connectivity index (χ4v) is 3.61. The summed E-state index contributed by atoms with van der Waals surface area (Å²) in [5, 5.41) is 10.2. The fraction of sp³-hybridized carbons (Fsp3) is 0.600. The lowest BCUT2D eigenvalue weighted by atomic mass is 9.76. The number of aromatic nitrogens is 1. The largest absolute Gasteiger partial charge is 0.392 e. The third-order valence-corrected chi connectivity index (χ3v) is 4.68. The Labute approximate surface area is 113 Å². The third-order valence-electron chi connectivity index (χ3n) is 4.68. The molecule has 1 N–H and O–H groups in total. The highest BCUT2D eigenvalue weighted by atomic mass is 16.3. The highest BCUT2D eigenvalue weighted by Gasteiger charge is 2.45. The number of hydrogen-bond donors (Lipinski definition) is 1. The van der Waals surface area contributed by atoms with Crippen molar-refractivity contribution in [1.82, 2.24) is 9.88 Å². The summed E-state index contributed by atoms with van der Waals surface area (Å²) in [7, 11) is 0. The summed E-state index contributed by atoms with van der Waals surface area (Å²) < 4.78 is 0. The summed E-state index contributed by atoms with van der Waals surface area (Å²) in [6, 6.07) is 3.52. The molecular weight excluding hydrogens is 240 g/mol. The highest BCUT2D eigenvalue weighted by molar-refractivity contribution is 5.94. The van der Waals surface area contributed by atoms with Crippen molar-refractivity contribution in [1.29, 1.82) is 0 Å². The first-order valence-corrected chi connectivity index (χ1v) is 7.09. The van der Waals surface area contributed by atoms with E-state index in [1.54, 1.807) is 24.5 Å². The van der Waals surface area contributed by atoms with Crippen LogP contribution in [0.25, 0.3) is 0 Å². The topological polar surface area (TPSA) is 53.4 Å². The molecule has 1 aliphatic heterocycles. The number of amides is 1. The van der Waals surface area contributed by atoms with E-state index >= 15 is 0 Å². The maximum Gasteiger partial charge on any atom is 0.253 e. The minimum atomic E-state index is -0.236. The minimum absolute atomic E-state index is 0.0407. The number of nitrogens with zero attached hydrogens (tertiary/aromatic N) is 2. The van der Waals surface area contributed by atoms with Crippen LogP contribution in [-0.2, 0) is 0 Å². The predicted octanol–water partition coefficient (Wildman–Crippen LogP) is 1.85. The van der Waals surface area contributed by atoms with Gasteiger partial charge in [-0.05, 0) is 37.8 Å². The molecule has 1 aromatic heterocycles. The van der Waals surface area contributed by atoms with Gasteiger partial charge in [0, 0.05) is 36.5 Å². The Morgan fingerprint density at radius 1 is 1.32 bits per heavy atom. The molecule has 1 saturated carbocycles. The maximum atomic E-state index is 12.5. The zero-order valence-corrected chi connectivity index (χ0v) is 11.1. The van der Waals surface area contributed by atoms with Crippen molar-refractivity contribution >= 4 is 5.91 Å². The van der Waals surface area contributed by atoms with Crippen LogP contribution >= 0.6 is 0 Å². The van der Waals surface area contributed by atoms with Crippen LogP contribution < -0.4 is 0 Å². The molecule has 2 fully saturated rings. The second kappa shape index (κ2) is 4.93. The summed E-state index contributed by atoms with van der Waals surface area (Å²) in [5.74, 6) is 0.0700. The van der Waals surface area contributed by atoms with Crippen LogP contribution in [0.4, 0.5) is 0 Å². The van der Waals surface area contributed by atoms with Gasteiger partial charge in [0.25, 0.3) is 5.91 Å². The van der Waals surface area contributed by atoms with Gasteiger partial charge in [-0.25, -0.2) is 0 Å². The van der Waals surface area contributed by atoms with Crippen molar-refractivity contribution in [3.63, 3.8) is 0 Å². The summed E-state index contributed by atoms with van der Waals surface area (Å²) in [6.07, 6.45) is 8.13. The molecule has 0 bridgehead atoms. The van der Waals surface area contributed by atoms with Gasteiger partial charge in [0.2, 0.25) is 0 Å². The van der Waals surface area contributed by atoms with Gasteiger partial charge in [-0.1, -0.05) is 6.42 Å².